The molecular formula is C9H16N6O2. The van der Waals surface area contributed by atoms with Crippen molar-refractivity contribution in [1.29, 1.82) is 0 Å². The molecule has 0 bridgehead atoms. The second-order valence-corrected chi connectivity index (χ2v) is 4.60. The highest BCUT2D eigenvalue weighted by molar-refractivity contribution is 5.86. The molecule has 17 heavy (non-hydrogen) atoms. The molecule has 3 rings (SSSR count). The highest BCUT2D eigenvalue weighted by atomic mass is 16.3. The number of aliphatic imine (C=N–C) groups is 2. The van der Waals surface area contributed by atoms with Crippen molar-refractivity contribution in [3.63, 3.8) is 0 Å². The predicted octanol–water partition coefficient (Wildman–Crippen LogP) is -3.27. The van der Waals surface area contributed by atoms with Gasteiger partial charge in [-0.2, -0.15) is 0 Å². The molecule has 0 aromatic heterocycles. The largest absolute Gasteiger partial charge is 0.394 e. The molecule has 1 saturated heterocycles. The summed E-state index contributed by atoms with van der Waals surface area (Å²) in [5.74, 6) is 0.568. The van der Waals surface area contributed by atoms with Gasteiger partial charge in [-0.3, -0.25) is 0 Å². The van der Waals surface area contributed by atoms with Crippen LogP contribution in [0.3, 0.4) is 0 Å². The van der Waals surface area contributed by atoms with Gasteiger partial charge in [0.25, 0.3) is 0 Å². The Morgan fingerprint density at radius 3 is 2.94 bits per heavy atom. The molecule has 0 saturated carbocycles. The quantitative estimate of drug-likeness (QED) is 0.326. The highest BCUT2D eigenvalue weighted by Gasteiger charge is 2.62. The van der Waals surface area contributed by atoms with E-state index in [0.717, 1.165) is 0 Å². The van der Waals surface area contributed by atoms with Crippen molar-refractivity contribution >= 4 is 11.9 Å². The minimum atomic E-state index is -0.830. The molecule has 4 atom stereocenters. The number of nitrogens with two attached hydrogens (primary N) is 2. The lowest BCUT2D eigenvalue weighted by Crippen LogP contribution is -2.72. The topological polar surface area (TPSA) is 132 Å². The molecule has 3 aliphatic rings. The molecule has 7 N–H and O–H groups in total. The fourth-order valence-electron chi connectivity index (χ4n) is 3.04. The van der Waals surface area contributed by atoms with E-state index in [4.69, 9.17) is 11.5 Å². The Labute approximate surface area is 98.0 Å². The number of hydrogen-bond donors (Lipinski definition) is 5. The van der Waals surface area contributed by atoms with Crippen LogP contribution in [0.5, 0.6) is 0 Å². The van der Waals surface area contributed by atoms with Crippen molar-refractivity contribution in [2.24, 2.45) is 21.5 Å². The van der Waals surface area contributed by atoms with Crippen molar-refractivity contribution < 1.29 is 10.2 Å². The zero-order valence-corrected chi connectivity index (χ0v) is 9.24. The fraction of sp³-hybridized carbons (Fsp3) is 0.778. The van der Waals surface area contributed by atoms with Crippen molar-refractivity contribution in [3.05, 3.63) is 0 Å². The molecule has 1 fully saturated rings. The maximum absolute atomic E-state index is 10.2. The fourth-order valence-corrected chi connectivity index (χ4v) is 3.04. The highest BCUT2D eigenvalue weighted by Crippen LogP contribution is 2.39. The van der Waals surface area contributed by atoms with Gasteiger partial charge in [-0.25, -0.2) is 9.98 Å². The third kappa shape index (κ3) is 1.14. The summed E-state index contributed by atoms with van der Waals surface area (Å²) in [5.41, 5.74) is 10.7. The predicted molar refractivity (Wildman–Crippen MR) is 61.1 cm³/mol. The summed E-state index contributed by atoms with van der Waals surface area (Å²) < 4.78 is 0. The number of guanidine groups is 2. The number of aliphatic hydroxyl groups excluding tert-OH is 2. The van der Waals surface area contributed by atoms with Crippen LogP contribution in [-0.2, 0) is 0 Å². The van der Waals surface area contributed by atoms with E-state index in [0.29, 0.717) is 18.9 Å². The second kappa shape index (κ2) is 3.23. The van der Waals surface area contributed by atoms with E-state index in [1.54, 1.807) is 4.90 Å². The van der Waals surface area contributed by atoms with Gasteiger partial charge < -0.3 is 31.9 Å². The minimum absolute atomic E-state index is 0.174. The lowest BCUT2D eigenvalue weighted by atomic mass is 9.89. The maximum atomic E-state index is 10.2. The van der Waals surface area contributed by atoms with Crippen LogP contribution in [-0.4, -0.2) is 64.0 Å². The van der Waals surface area contributed by atoms with Gasteiger partial charge in [-0.15, -0.1) is 0 Å². The zero-order valence-electron chi connectivity index (χ0n) is 9.24. The van der Waals surface area contributed by atoms with Crippen LogP contribution in [0.1, 0.15) is 6.42 Å². The number of nitrogens with zero attached hydrogens (tertiary/aromatic N) is 3. The zero-order chi connectivity index (χ0) is 12.2. The molecule has 94 valence electrons. The molecule has 0 aliphatic carbocycles. The third-order valence-corrected chi connectivity index (χ3v) is 3.76. The molecule has 1 unspecified atom stereocenters. The van der Waals surface area contributed by atoms with Crippen LogP contribution in [0.15, 0.2) is 9.98 Å². The van der Waals surface area contributed by atoms with Gasteiger partial charge in [-0.05, 0) is 6.42 Å². The first-order chi connectivity index (χ1) is 8.09. The average molecular weight is 240 g/mol. The summed E-state index contributed by atoms with van der Waals surface area (Å²) in [7, 11) is 0. The Bertz CT molecular complexity index is 410. The SMILES string of the molecule is NC1=N[C@H]2[C@H](CO)N=C(N)N3CC[C@H](O)C23N1. The van der Waals surface area contributed by atoms with Crippen LogP contribution in [0.4, 0.5) is 0 Å². The number of rotatable bonds is 1. The van der Waals surface area contributed by atoms with Crippen LogP contribution in [0, 0.1) is 0 Å². The smallest absolute Gasteiger partial charge is 0.193 e. The van der Waals surface area contributed by atoms with Crippen molar-refractivity contribution in [2.45, 2.75) is 30.3 Å². The monoisotopic (exact) mass is 240 g/mol. The number of hydrogen-bond acceptors (Lipinski definition) is 8. The van der Waals surface area contributed by atoms with Gasteiger partial charge in [0.2, 0.25) is 0 Å². The minimum Gasteiger partial charge on any atom is -0.394 e. The Morgan fingerprint density at radius 2 is 2.24 bits per heavy atom. The van der Waals surface area contributed by atoms with Gasteiger partial charge in [0.1, 0.15) is 12.1 Å². The lowest BCUT2D eigenvalue weighted by Gasteiger charge is -2.46. The van der Waals surface area contributed by atoms with Gasteiger partial charge >= 0.3 is 0 Å². The number of aliphatic hydroxyl groups is 2. The Hall–Kier alpha value is -1.54. The Morgan fingerprint density at radius 1 is 1.47 bits per heavy atom. The molecule has 1 spiro atoms. The first-order valence-electron chi connectivity index (χ1n) is 5.61. The number of nitrogens with one attached hydrogen (secondary N) is 1. The second-order valence-electron chi connectivity index (χ2n) is 4.60. The van der Waals surface area contributed by atoms with E-state index in [1.807, 2.05) is 0 Å². The molecule has 0 radical (unpaired) electrons. The van der Waals surface area contributed by atoms with Crippen LogP contribution in [0.2, 0.25) is 0 Å². The standard InChI is InChI=1S/C9H16N6O2/c10-7-13-6-4(3-16)12-8(11)15-2-1-5(17)9(6,15)14-7/h4-6,16-17H,1-3H2,(H2,11,12)(H3,10,13,14)/t4-,5-,6-,9?/m0/s1. The lowest BCUT2D eigenvalue weighted by molar-refractivity contribution is 0.0164. The van der Waals surface area contributed by atoms with E-state index >= 15 is 0 Å². The summed E-state index contributed by atoms with van der Waals surface area (Å²) in [5, 5.41) is 22.6. The molecular weight excluding hydrogens is 224 g/mol. The molecule has 0 aromatic rings. The normalized spacial score (nSPS) is 43.6. The first kappa shape index (κ1) is 10.6. The van der Waals surface area contributed by atoms with Crippen molar-refractivity contribution in [3.8, 4) is 0 Å². The van der Waals surface area contributed by atoms with Crippen molar-refractivity contribution in [1.82, 2.24) is 10.2 Å². The summed E-state index contributed by atoms with van der Waals surface area (Å²) in [6.45, 7) is 0.424. The van der Waals surface area contributed by atoms with E-state index in [9.17, 15) is 10.2 Å². The molecule has 3 aliphatic heterocycles. The third-order valence-electron chi connectivity index (χ3n) is 3.76. The van der Waals surface area contributed by atoms with E-state index in [2.05, 4.69) is 15.3 Å². The van der Waals surface area contributed by atoms with Gasteiger partial charge in [0.05, 0.1) is 12.7 Å². The van der Waals surface area contributed by atoms with Crippen LogP contribution in [0.25, 0.3) is 0 Å². The molecule has 8 nitrogen and oxygen atoms in total. The van der Waals surface area contributed by atoms with Gasteiger partial charge in [-0.1, -0.05) is 0 Å². The summed E-state index contributed by atoms with van der Waals surface area (Å²) in [6.07, 6.45) is -0.0684. The van der Waals surface area contributed by atoms with Gasteiger partial charge in [0, 0.05) is 6.54 Å². The van der Waals surface area contributed by atoms with Crippen molar-refractivity contribution in [2.75, 3.05) is 13.2 Å². The summed E-state index contributed by atoms with van der Waals surface area (Å²) >= 11 is 0. The molecule has 8 heteroatoms. The maximum Gasteiger partial charge on any atom is 0.193 e. The summed E-state index contributed by atoms with van der Waals surface area (Å²) in [4.78, 5) is 10.2. The average Bonchev–Trinajstić information content (AvgIpc) is 2.80. The molecule has 0 amide bonds. The Kier molecular flexibility index (Phi) is 2.02. The van der Waals surface area contributed by atoms with E-state index in [-0.39, 0.29) is 12.6 Å². The molecule has 0 aromatic carbocycles. The summed E-state index contributed by atoms with van der Waals surface area (Å²) in [6, 6.07) is -0.871. The van der Waals surface area contributed by atoms with Crippen LogP contribution < -0.4 is 16.8 Å². The van der Waals surface area contributed by atoms with Crippen LogP contribution >= 0.6 is 0 Å². The van der Waals surface area contributed by atoms with E-state index < -0.39 is 23.9 Å². The van der Waals surface area contributed by atoms with E-state index in [1.165, 1.54) is 0 Å². The first-order valence-corrected chi connectivity index (χ1v) is 5.61. The Balaban J connectivity index is 2.10. The van der Waals surface area contributed by atoms with Gasteiger partial charge in [0.15, 0.2) is 17.6 Å². The molecule has 3 heterocycles.